The third-order valence-electron chi connectivity index (χ3n) is 4.46. The van der Waals surface area contributed by atoms with Crippen LogP contribution in [0.15, 0.2) is 18.2 Å². The number of thiophene rings is 1. The zero-order valence-electron chi connectivity index (χ0n) is 15.0. The molecule has 1 heterocycles. The molecule has 26 heavy (non-hydrogen) atoms. The largest absolute Gasteiger partial charge is 0.493 e. The van der Waals surface area contributed by atoms with E-state index in [-0.39, 0.29) is 30.9 Å². The molecule has 6 nitrogen and oxygen atoms in total. The Balaban J connectivity index is 1.56. The van der Waals surface area contributed by atoms with E-state index >= 15 is 0 Å². The molecule has 1 aromatic carbocycles. The Morgan fingerprint density at radius 1 is 1.12 bits per heavy atom. The lowest BCUT2D eigenvalue weighted by Gasteiger charge is -2.11. The Labute approximate surface area is 156 Å². The summed E-state index contributed by atoms with van der Waals surface area (Å²) in [6.07, 6.45) is 4.39. The predicted molar refractivity (Wildman–Crippen MR) is 100 cm³/mol. The molecule has 1 N–H and O–H groups in total. The Kier molecular flexibility index (Phi) is 5.98. The SMILES string of the molecule is COc1cc2cc(C(=O)NCCC(=O)OC3CCCC3)sc2cc1OC. The summed E-state index contributed by atoms with van der Waals surface area (Å²) in [5.41, 5.74) is 0. The van der Waals surface area contributed by atoms with Crippen molar-refractivity contribution in [1.82, 2.24) is 5.32 Å². The minimum absolute atomic E-state index is 0.0609. The standard InChI is InChI=1S/C19H23NO5S/c1-23-14-9-12-10-17(26-16(12)11-15(14)24-2)19(22)20-8-7-18(21)25-13-5-3-4-6-13/h9-11,13H,3-8H2,1-2H3,(H,20,22). The maximum absolute atomic E-state index is 12.3. The van der Waals surface area contributed by atoms with E-state index in [1.54, 1.807) is 14.2 Å². The molecule has 0 spiro atoms. The van der Waals surface area contributed by atoms with Gasteiger partial charge in [-0.3, -0.25) is 9.59 Å². The normalized spacial score (nSPS) is 14.4. The number of rotatable bonds is 7. The molecular formula is C19H23NO5S. The van der Waals surface area contributed by atoms with Gasteiger partial charge in [-0.05, 0) is 43.2 Å². The first-order chi connectivity index (χ1) is 12.6. The van der Waals surface area contributed by atoms with Gasteiger partial charge in [-0.1, -0.05) is 0 Å². The van der Waals surface area contributed by atoms with Crippen LogP contribution in [0.4, 0.5) is 0 Å². The van der Waals surface area contributed by atoms with Gasteiger partial charge in [-0.15, -0.1) is 11.3 Å². The van der Waals surface area contributed by atoms with Gasteiger partial charge in [0.2, 0.25) is 0 Å². The summed E-state index contributed by atoms with van der Waals surface area (Å²) in [7, 11) is 3.16. The molecule has 1 amide bonds. The van der Waals surface area contributed by atoms with E-state index in [9.17, 15) is 9.59 Å². The summed E-state index contributed by atoms with van der Waals surface area (Å²) in [5, 5.41) is 3.70. The highest BCUT2D eigenvalue weighted by molar-refractivity contribution is 7.20. The fourth-order valence-corrected chi connectivity index (χ4v) is 4.08. The number of ether oxygens (including phenoxy) is 3. The van der Waals surface area contributed by atoms with Crippen LogP contribution in [0, 0.1) is 0 Å². The van der Waals surface area contributed by atoms with Gasteiger partial charge in [0.05, 0.1) is 25.5 Å². The van der Waals surface area contributed by atoms with Gasteiger partial charge < -0.3 is 19.5 Å². The van der Waals surface area contributed by atoms with Crippen molar-refractivity contribution in [3.63, 3.8) is 0 Å². The van der Waals surface area contributed by atoms with Crippen molar-refractivity contribution >= 4 is 33.3 Å². The number of hydrogen-bond donors (Lipinski definition) is 1. The number of carbonyl (C=O) groups is 2. The molecule has 2 aromatic rings. The lowest BCUT2D eigenvalue weighted by Crippen LogP contribution is -2.26. The van der Waals surface area contributed by atoms with Crippen LogP contribution in [0.5, 0.6) is 11.5 Å². The van der Waals surface area contributed by atoms with Gasteiger partial charge in [-0.25, -0.2) is 0 Å². The summed E-state index contributed by atoms with van der Waals surface area (Å²) in [4.78, 5) is 24.7. The maximum Gasteiger partial charge on any atom is 0.307 e. The molecule has 1 aliphatic carbocycles. The average molecular weight is 377 g/mol. The highest BCUT2D eigenvalue weighted by atomic mass is 32.1. The van der Waals surface area contributed by atoms with Crippen molar-refractivity contribution in [2.75, 3.05) is 20.8 Å². The first-order valence-electron chi connectivity index (χ1n) is 8.74. The molecule has 0 bridgehead atoms. The van der Waals surface area contributed by atoms with Crippen LogP contribution in [0.3, 0.4) is 0 Å². The van der Waals surface area contributed by atoms with Crippen LogP contribution in [0.1, 0.15) is 41.8 Å². The number of carbonyl (C=O) groups excluding carboxylic acids is 2. The van der Waals surface area contributed by atoms with Crippen LogP contribution >= 0.6 is 11.3 Å². The van der Waals surface area contributed by atoms with Crippen LogP contribution in [-0.2, 0) is 9.53 Å². The molecule has 3 rings (SSSR count). The van der Waals surface area contributed by atoms with Crippen molar-refractivity contribution in [1.29, 1.82) is 0 Å². The van der Waals surface area contributed by atoms with Crippen LogP contribution in [0.2, 0.25) is 0 Å². The van der Waals surface area contributed by atoms with E-state index in [2.05, 4.69) is 5.32 Å². The highest BCUT2D eigenvalue weighted by Gasteiger charge is 2.19. The lowest BCUT2D eigenvalue weighted by molar-refractivity contribution is -0.148. The molecule has 0 aliphatic heterocycles. The van der Waals surface area contributed by atoms with Gasteiger partial charge in [0.25, 0.3) is 5.91 Å². The fourth-order valence-electron chi connectivity index (χ4n) is 3.09. The van der Waals surface area contributed by atoms with Crippen LogP contribution < -0.4 is 14.8 Å². The Bertz CT molecular complexity index is 754. The first-order valence-corrected chi connectivity index (χ1v) is 9.55. The summed E-state index contributed by atoms with van der Waals surface area (Å²) in [5.74, 6) is 0.809. The van der Waals surface area contributed by atoms with Crippen molar-refractivity contribution in [3.05, 3.63) is 23.1 Å². The van der Waals surface area contributed by atoms with E-state index in [4.69, 9.17) is 14.2 Å². The number of nitrogens with one attached hydrogen (secondary N) is 1. The number of esters is 1. The van der Waals surface area contributed by atoms with E-state index in [0.717, 1.165) is 35.8 Å². The first kappa shape index (κ1) is 18.5. The molecular weight excluding hydrogens is 354 g/mol. The second-order valence-electron chi connectivity index (χ2n) is 6.26. The molecule has 0 atom stereocenters. The average Bonchev–Trinajstić information content (AvgIpc) is 3.29. The molecule has 1 fully saturated rings. The fraction of sp³-hybridized carbons (Fsp3) is 0.474. The zero-order chi connectivity index (χ0) is 18.5. The van der Waals surface area contributed by atoms with Gasteiger partial charge in [0, 0.05) is 17.3 Å². The lowest BCUT2D eigenvalue weighted by atomic mass is 10.2. The molecule has 1 aromatic heterocycles. The minimum Gasteiger partial charge on any atom is -0.493 e. The number of hydrogen-bond acceptors (Lipinski definition) is 6. The molecule has 7 heteroatoms. The summed E-state index contributed by atoms with van der Waals surface area (Å²) < 4.78 is 16.9. The molecule has 0 radical (unpaired) electrons. The minimum atomic E-state index is -0.247. The second-order valence-corrected chi connectivity index (χ2v) is 7.34. The maximum atomic E-state index is 12.3. The molecule has 0 unspecified atom stereocenters. The van der Waals surface area contributed by atoms with Crippen molar-refractivity contribution in [2.24, 2.45) is 0 Å². The topological polar surface area (TPSA) is 73.9 Å². The number of benzene rings is 1. The highest BCUT2D eigenvalue weighted by Crippen LogP contribution is 2.36. The zero-order valence-corrected chi connectivity index (χ0v) is 15.8. The summed E-state index contributed by atoms with van der Waals surface area (Å²) in [6.45, 7) is 0.269. The van der Waals surface area contributed by atoms with Gasteiger partial charge >= 0.3 is 5.97 Å². The summed E-state index contributed by atoms with van der Waals surface area (Å²) in [6, 6.07) is 5.52. The van der Waals surface area contributed by atoms with E-state index in [0.29, 0.717) is 16.4 Å². The third kappa shape index (κ3) is 4.27. The smallest absolute Gasteiger partial charge is 0.307 e. The van der Waals surface area contributed by atoms with Gasteiger partial charge in [-0.2, -0.15) is 0 Å². The van der Waals surface area contributed by atoms with Gasteiger partial charge in [0.1, 0.15) is 6.10 Å². The molecule has 140 valence electrons. The Hall–Kier alpha value is -2.28. The number of fused-ring (bicyclic) bond motifs is 1. The predicted octanol–water partition coefficient (Wildman–Crippen LogP) is 3.52. The van der Waals surface area contributed by atoms with Crippen LogP contribution in [-0.4, -0.2) is 38.7 Å². The third-order valence-corrected chi connectivity index (χ3v) is 5.56. The number of methoxy groups -OCH3 is 2. The van der Waals surface area contributed by atoms with E-state index in [1.807, 2.05) is 18.2 Å². The Morgan fingerprint density at radius 3 is 2.50 bits per heavy atom. The van der Waals surface area contributed by atoms with E-state index in [1.165, 1.54) is 11.3 Å². The number of amides is 1. The van der Waals surface area contributed by atoms with Crippen molar-refractivity contribution < 1.29 is 23.8 Å². The summed E-state index contributed by atoms with van der Waals surface area (Å²) >= 11 is 1.38. The van der Waals surface area contributed by atoms with Crippen molar-refractivity contribution in [3.8, 4) is 11.5 Å². The molecule has 1 saturated carbocycles. The Morgan fingerprint density at radius 2 is 1.81 bits per heavy atom. The second kappa shape index (κ2) is 8.40. The van der Waals surface area contributed by atoms with Crippen LogP contribution in [0.25, 0.3) is 10.1 Å². The molecule has 1 aliphatic rings. The van der Waals surface area contributed by atoms with E-state index < -0.39 is 0 Å². The van der Waals surface area contributed by atoms with Crippen molar-refractivity contribution in [2.45, 2.75) is 38.2 Å². The molecule has 0 saturated heterocycles. The van der Waals surface area contributed by atoms with Gasteiger partial charge in [0.15, 0.2) is 11.5 Å². The quantitative estimate of drug-likeness (QED) is 0.747. The monoisotopic (exact) mass is 377 g/mol.